The van der Waals surface area contributed by atoms with Gasteiger partial charge in [-0.3, -0.25) is 0 Å². The average Bonchev–Trinajstić information content (AvgIpc) is 2.92. The smallest absolute Gasteiger partial charge is 0.119 e. The Kier molecular flexibility index (Phi) is 6.18. The molecular weight excluding hydrogens is 236 g/mol. The van der Waals surface area contributed by atoms with Crippen molar-refractivity contribution in [2.75, 3.05) is 39.3 Å². The van der Waals surface area contributed by atoms with Crippen LogP contribution in [0.3, 0.4) is 0 Å². The number of nitrogens with zero attached hydrogens (tertiary/aromatic N) is 1. The van der Waals surface area contributed by atoms with Gasteiger partial charge in [0.25, 0.3) is 0 Å². The molecule has 0 radical (unpaired) electrons. The molecule has 1 saturated heterocycles. The number of rotatable bonds is 8. The highest BCUT2D eigenvalue weighted by molar-refractivity contribution is 5.20. The number of benzene rings is 1. The molecule has 0 saturated carbocycles. The van der Waals surface area contributed by atoms with Gasteiger partial charge >= 0.3 is 0 Å². The summed E-state index contributed by atoms with van der Waals surface area (Å²) in [5, 5.41) is 3.55. The molecule has 3 nitrogen and oxygen atoms in total. The molecule has 1 fully saturated rings. The third-order valence-corrected chi connectivity index (χ3v) is 3.76. The normalized spacial score (nSPS) is 19.7. The summed E-state index contributed by atoms with van der Waals surface area (Å²) in [7, 11) is 0. The summed E-state index contributed by atoms with van der Waals surface area (Å²) in [5.74, 6) is 1.81. The van der Waals surface area contributed by atoms with Crippen LogP contribution in [-0.4, -0.2) is 44.2 Å². The van der Waals surface area contributed by atoms with E-state index in [1.165, 1.54) is 26.1 Å². The highest BCUT2D eigenvalue weighted by Crippen LogP contribution is 2.14. The Balaban J connectivity index is 1.47. The van der Waals surface area contributed by atoms with Gasteiger partial charge in [-0.1, -0.05) is 25.1 Å². The lowest BCUT2D eigenvalue weighted by molar-refractivity contribution is 0.304. The molecule has 1 aromatic rings. The van der Waals surface area contributed by atoms with Crippen molar-refractivity contribution in [1.82, 2.24) is 10.2 Å². The van der Waals surface area contributed by atoms with Crippen LogP contribution < -0.4 is 10.1 Å². The fourth-order valence-electron chi connectivity index (χ4n) is 2.58. The Hall–Kier alpha value is -1.06. The molecule has 1 N–H and O–H groups in total. The van der Waals surface area contributed by atoms with Crippen molar-refractivity contribution in [2.45, 2.75) is 19.8 Å². The Morgan fingerprint density at radius 1 is 1.32 bits per heavy atom. The van der Waals surface area contributed by atoms with E-state index < -0.39 is 0 Å². The lowest BCUT2D eigenvalue weighted by Gasteiger charge is -2.13. The first kappa shape index (κ1) is 14.4. The summed E-state index contributed by atoms with van der Waals surface area (Å²) >= 11 is 0. The molecule has 1 unspecified atom stereocenters. The van der Waals surface area contributed by atoms with Crippen molar-refractivity contribution in [2.24, 2.45) is 5.92 Å². The van der Waals surface area contributed by atoms with E-state index in [2.05, 4.69) is 17.1 Å². The van der Waals surface area contributed by atoms with E-state index in [0.717, 1.165) is 37.8 Å². The fourth-order valence-corrected chi connectivity index (χ4v) is 2.58. The van der Waals surface area contributed by atoms with Gasteiger partial charge in [0, 0.05) is 6.54 Å². The van der Waals surface area contributed by atoms with E-state index in [-0.39, 0.29) is 0 Å². The highest BCUT2D eigenvalue weighted by atomic mass is 16.5. The third kappa shape index (κ3) is 5.21. The van der Waals surface area contributed by atoms with Crippen LogP contribution in [0, 0.1) is 5.92 Å². The summed E-state index contributed by atoms with van der Waals surface area (Å²) in [5.41, 5.74) is 0. The van der Waals surface area contributed by atoms with Crippen molar-refractivity contribution in [1.29, 1.82) is 0 Å². The summed E-state index contributed by atoms with van der Waals surface area (Å²) in [4.78, 5) is 2.53. The number of hydrogen-bond donors (Lipinski definition) is 1. The number of likely N-dealkylation sites (tertiary alicyclic amines) is 1. The first-order chi connectivity index (χ1) is 9.38. The predicted octanol–water partition coefficient (Wildman–Crippen LogP) is 2.39. The highest BCUT2D eigenvalue weighted by Gasteiger charge is 2.20. The number of para-hydroxylation sites is 1. The molecule has 1 atom stereocenters. The van der Waals surface area contributed by atoms with Gasteiger partial charge in [-0.05, 0) is 57.1 Å². The minimum Gasteiger partial charge on any atom is -0.494 e. The number of hydrogen-bond acceptors (Lipinski definition) is 3. The molecule has 0 bridgehead atoms. The molecule has 1 heterocycles. The average molecular weight is 262 g/mol. The van der Waals surface area contributed by atoms with Gasteiger partial charge in [0.1, 0.15) is 5.75 Å². The van der Waals surface area contributed by atoms with Crippen LogP contribution in [0.5, 0.6) is 5.75 Å². The van der Waals surface area contributed by atoms with E-state index >= 15 is 0 Å². The standard InChI is InChI=1S/C16H26N2O/c1-2-18-11-9-15(14-18)13-17-10-6-12-19-16-7-4-3-5-8-16/h3-5,7-8,15,17H,2,6,9-14H2,1H3. The second kappa shape index (κ2) is 8.18. The summed E-state index contributed by atoms with van der Waals surface area (Å²) in [6.07, 6.45) is 2.42. The van der Waals surface area contributed by atoms with Gasteiger partial charge in [0.2, 0.25) is 0 Å². The topological polar surface area (TPSA) is 24.5 Å². The molecule has 1 aliphatic heterocycles. The zero-order chi connectivity index (χ0) is 13.3. The maximum atomic E-state index is 5.66. The van der Waals surface area contributed by atoms with Crippen molar-refractivity contribution in [3.05, 3.63) is 30.3 Å². The number of nitrogens with one attached hydrogen (secondary N) is 1. The zero-order valence-electron chi connectivity index (χ0n) is 12.0. The summed E-state index contributed by atoms with van der Waals surface area (Å²) in [6, 6.07) is 10.0. The van der Waals surface area contributed by atoms with Gasteiger partial charge in [-0.25, -0.2) is 0 Å². The molecule has 0 amide bonds. The lowest BCUT2D eigenvalue weighted by Crippen LogP contribution is -2.27. The van der Waals surface area contributed by atoms with E-state index in [1.807, 2.05) is 30.3 Å². The second-order valence-electron chi connectivity index (χ2n) is 5.27. The monoisotopic (exact) mass is 262 g/mol. The minimum absolute atomic E-state index is 0.794. The molecule has 106 valence electrons. The maximum absolute atomic E-state index is 5.66. The Labute approximate surface area is 116 Å². The zero-order valence-corrected chi connectivity index (χ0v) is 12.0. The van der Waals surface area contributed by atoms with E-state index in [0.29, 0.717) is 0 Å². The molecular formula is C16H26N2O. The summed E-state index contributed by atoms with van der Waals surface area (Å²) in [6.45, 7) is 8.99. The molecule has 3 heteroatoms. The van der Waals surface area contributed by atoms with Crippen LogP contribution in [0.1, 0.15) is 19.8 Å². The minimum atomic E-state index is 0.794. The maximum Gasteiger partial charge on any atom is 0.119 e. The molecule has 0 spiro atoms. The first-order valence-corrected chi connectivity index (χ1v) is 7.49. The Morgan fingerprint density at radius 3 is 2.89 bits per heavy atom. The van der Waals surface area contributed by atoms with Crippen LogP contribution in [0.25, 0.3) is 0 Å². The van der Waals surface area contributed by atoms with Gasteiger partial charge in [-0.2, -0.15) is 0 Å². The van der Waals surface area contributed by atoms with Gasteiger partial charge < -0.3 is 15.0 Å². The summed E-state index contributed by atoms with van der Waals surface area (Å²) < 4.78 is 5.66. The molecule has 1 aliphatic rings. The molecule has 0 aromatic heterocycles. The van der Waals surface area contributed by atoms with Gasteiger partial charge in [0.05, 0.1) is 6.61 Å². The SMILES string of the molecule is CCN1CCC(CNCCCOc2ccccc2)C1. The van der Waals surface area contributed by atoms with Crippen molar-refractivity contribution in [3.63, 3.8) is 0 Å². The molecule has 19 heavy (non-hydrogen) atoms. The van der Waals surface area contributed by atoms with E-state index in [1.54, 1.807) is 0 Å². The van der Waals surface area contributed by atoms with Gasteiger partial charge in [0.15, 0.2) is 0 Å². The second-order valence-corrected chi connectivity index (χ2v) is 5.27. The Bertz CT molecular complexity index is 342. The van der Waals surface area contributed by atoms with Crippen LogP contribution in [0.15, 0.2) is 30.3 Å². The van der Waals surface area contributed by atoms with Crippen LogP contribution in [0.2, 0.25) is 0 Å². The first-order valence-electron chi connectivity index (χ1n) is 7.49. The molecule has 1 aromatic carbocycles. The predicted molar refractivity (Wildman–Crippen MR) is 79.6 cm³/mol. The fraction of sp³-hybridized carbons (Fsp3) is 0.625. The van der Waals surface area contributed by atoms with Crippen LogP contribution in [0.4, 0.5) is 0 Å². The third-order valence-electron chi connectivity index (χ3n) is 3.76. The van der Waals surface area contributed by atoms with Crippen LogP contribution in [-0.2, 0) is 0 Å². The van der Waals surface area contributed by atoms with Crippen molar-refractivity contribution in [3.8, 4) is 5.75 Å². The van der Waals surface area contributed by atoms with E-state index in [4.69, 9.17) is 4.74 Å². The van der Waals surface area contributed by atoms with E-state index in [9.17, 15) is 0 Å². The van der Waals surface area contributed by atoms with Gasteiger partial charge in [-0.15, -0.1) is 0 Å². The van der Waals surface area contributed by atoms with Crippen molar-refractivity contribution < 1.29 is 4.74 Å². The largest absolute Gasteiger partial charge is 0.494 e. The lowest BCUT2D eigenvalue weighted by atomic mass is 10.1. The molecule has 0 aliphatic carbocycles. The van der Waals surface area contributed by atoms with Crippen LogP contribution >= 0.6 is 0 Å². The Morgan fingerprint density at radius 2 is 2.16 bits per heavy atom. The quantitative estimate of drug-likeness (QED) is 0.728. The number of ether oxygens (including phenoxy) is 1. The van der Waals surface area contributed by atoms with Crippen molar-refractivity contribution >= 4 is 0 Å². The molecule has 2 rings (SSSR count).